The van der Waals surface area contributed by atoms with Crippen LogP contribution in [-0.2, 0) is 0 Å². The van der Waals surface area contributed by atoms with Crippen molar-refractivity contribution in [2.24, 2.45) is 0 Å². The summed E-state index contributed by atoms with van der Waals surface area (Å²) in [4.78, 5) is 17.2. The molecule has 0 radical (unpaired) electrons. The van der Waals surface area contributed by atoms with E-state index < -0.39 is 44.4 Å². The molecule has 1 aromatic carbocycles. The van der Waals surface area contributed by atoms with Crippen LogP contribution in [0.1, 0.15) is 0 Å². The molecular weight excluding hydrogens is 237 g/mol. The van der Waals surface area contributed by atoms with Crippen LogP contribution in [0.5, 0.6) is 5.75 Å². The second kappa shape index (κ2) is 3.64. The van der Waals surface area contributed by atoms with Gasteiger partial charge in [-0.15, -0.1) is 0 Å². The Morgan fingerprint density at radius 3 is 1.44 bits per heavy atom. The van der Waals surface area contributed by atoms with Gasteiger partial charge in [-0.1, -0.05) is 0 Å². The van der Waals surface area contributed by atoms with E-state index in [4.69, 9.17) is 5.11 Å². The van der Waals surface area contributed by atoms with Crippen molar-refractivity contribution in [3.8, 4) is 5.75 Å². The van der Waals surface area contributed by atoms with E-state index in [2.05, 4.69) is 0 Å². The number of nitro groups is 2. The van der Waals surface area contributed by atoms with Gasteiger partial charge in [-0.25, -0.2) is 0 Å². The molecule has 1 N–H and O–H groups in total. The first-order valence-electron chi connectivity index (χ1n) is 3.47. The normalized spacial score (nSPS) is 10.2. The smallest absolute Gasteiger partial charge is 0.356 e. The Morgan fingerprint density at radius 1 is 0.875 bits per heavy atom. The van der Waals surface area contributed by atoms with Crippen LogP contribution in [-0.4, -0.2) is 15.0 Å². The first kappa shape index (κ1) is 11.7. The second-order valence-corrected chi connectivity index (χ2v) is 2.50. The first-order valence-corrected chi connectivity index (χ1v) is 3.47. The standard InChI is InChI=1S/C6HF3N2O5/c7-1-2(8)4(10(13)14)6(12)5(3(1)9)11(15)16/h12H. The molecule has 0 aliphatic carbocycles. The number of rotatable bonds is 2. The zero-order valence-electron chi connectivity index (χ0n) is 7.11. The largest absolute Gasteiger partial charge is 0.497 e. The van der Waals surface area contributed by atoms with E-state index in [0.717, 1.165) is 0 Å². The van der Waals surface area contributed by atoms with Crippen molar-refractivity contribution in [1.29, 1.82) is 0 Å². The van der Waals surface area contributed by atoms with E-state index in [0.29, 0.717) is 0 Å². The lowest BCUT2D eigenvalue weighted by Crippen LogP contribution is -2.04. The molecule has 7 nitrogen and oxygen atoms in total. The van der Waals surface area contributed by atoms with Crippen molar-refractivity contribution < 1.29 is 28.1 Å². The van der Waals surface area contributed by atoms with Crippen LogP contribution in [0, 0.1) is 37.7 Å². The van der Waals surface area contributed by atoms with E-state index in [9.17, 15) is 33.4 Å². The van der Waals surface area contributed by atoms with E-state index in [1.165, 1.54) is 0 Å². The van der Waals surface area contributed by atoms with Gasteiger partial charge >= 0.3 is 11.4 Å². The Balaban J connectivity index is 3.80. The zero-order valence-corrected chi connectivity index (χ0v) is 7.11. The lowest BCUT2D eigenvalue weighted by Gasteiger charge is -2.01. The van der Waals surface area contributed by atoms with Crippen molar-refractivity contribution in [3.63, 3.8) is 0 Å². The molecule has 0 aliphatic rings. The van der Waals surface area contributed by atoms with Crippen LogP contribution >= 0.6 is 0 Å². The number of benzene rings is 1. The molecule has 0 fully saturated rings. The lowest BCUT2D eigenvalue weighted by molar-refractivity contribution is -0.399. The zero-order chi connectivity index (χ0) is 12.6. The van der Waals surface area contributed by atoms with Crippen LogP contribution in [0.3, 0.4) is 0 Å². The third-order valence-corrected chi connectivity index (χ3v) is 1.61. The fourth-order valence-corrected chi connectivity index (χ4v) is 0.958. The molecule has 0 aromatic heterocycles. The fourth-order valence-electron chi connectivity index (χ4n) is 0.958. The maximum absolute atomic E-state index is 12.8. The highest BCUT2D eigenvalue weighted by Crippen LogP contribution is 2.41. The molecule has 0 atom stereocenters. The van der Waals surface area contributed by atoms with Crippen LogP contribution in [0.2, 0.25) is 0 Å². The number of phenols is 1. The quantitative estimate of drug-likeness (QED) is 0.478. The molecule has 0 unspecified atom stereocenters. The molecule has 0 heterocycles. The monoisotopic (exact) mass is 238 g/mol. The summed E-state index contributed by atoms with van der Waals surface area (Å²) in [6.07, 6.45) is 0. The molecule has 10 heteroatoms. The van der Waals surface area contributed by atoms with Crippen molar-refractivity contribution in [2.75, 3.05) is 0 Å². The summed E-state index contributed by atoms with van der Waals surface area (Å²) in [5, 5.41) is 29.2. The fraction of sp³-hybridized carbons (Fsp3) is 0. The SMILES string of the molecule is O=[N+]([O-])c1c(O)c([N+](=O)[O-])c(F)c(F)c1F. The van der Waals surface area contributed by atoms with Crippen LogP contribution in [0.4, 0.5) is 24.5 Å². The van der Waals surface area contributed by atoms with Crippen LogP contribution < -0.4 is 0 Å². The Labute approximate surface area is 84.0 Å². The number of hydrogen-bond donors (Lipinski definition) is 1. The molecule has 0 saturated heterocycles. The molecule has 0 bridgehead atoms. The average molecular weight is 238 g/mol. The number of nitrogens with zero attached hydrogens (tertiary/aromatic N) is 2. The molecule has 86 valence electrons. The summed E-state index contributed by atoms with van der Waals surface area (Å²) >= 11 is 0. The predicted molar refractivity (Wildman–Crippen MR) is 41.3 cm³/mol. The lowest BCUT2D eigenvalue weighted by atomic mass is 10.2. The van der Waals surface area contributed by atoms with Gasteiger partial charge in [-0.2, -0.15) is 13.2 Å². The minimum absolute atomic E-state index is 1.60. The summed E-state index contributed by atoms with van der Waals surface area (Å²) in [5.74, 6) is -8.86. The van der Waals surface area contributed by atoms with Gasteiger partial charge in [0.1, 0.15) is 0 Å². The van der Waals surface area contributed by atoms with Gasteiger partial charge in [-0.05, 0) is 0 Å². The number of phenolic OH excluding ortho intramolecular Hbond substituents is 1. The number of aromatic hydroxyl groups is 1. The summed E-state index contributed by atoms with van der Waals surface area (Å²) < 4.78 is 38.2. The van der Waals surface area contributed by atoms with Gasteiger partial charge in [-0.3, -0.25) is 20.2 Å². The summed E-state index contributed by atoms with van der Waals surface area (Å²) in [5.41, 5.74) is -3.77. The van der Waals surface area contributed by atoms with Crippen molar-refractivity contribution in [2.45, 2.75) is 0 Å². The second-order valence-electron chi connectivity index (χ2n) is 2.50. The van der Waals surface area contributed by atoms with E-state index >= 15 is 0 Å². The molecule has 1 rings (SSSR count). The molecular formula is C6HF3N2O5. The average Bonchev–Trinajstić information content (AvgIpc) is 2.13. The van der Waals surface area contributed by atoms with Crippen molar-refractivity contribution in [3.05, 3.63) is 37.7 Å². The maximum atomic E-state index is 12.8. The third-order valence-electron chi connectivity index (χ3n) is 1.61. The van der Waals surface area contributed by atoms with Crippen molar-refractivity contribution in [1.82, 2.24) is 0 Å². The topological polar surface area (TPSA) is 107 Å². The summed E-state index contributed by atoms with van der Waals surface area (Å²) in [6.45, 7) is 0. The summed E-state index contributed by atoms with van der Waals surface area (Å²) in [6, 6.07) is 0. The van der Waals surface area contributed by atoms with Gasteiger partial charge in [0.25, 0.3) is 5.75 Å². The molecule has 0 spiro atoms. The van der Waals surface area contributed by atoms with Crippen LogP contribution in [0.25, 0.3) is 0 Å². The van der Waals surface area contributed by atoms with Gasteiger partial charge in [0.05, 0.1) is 9.85 Å². The van der Waals surface area contributed by atoms with E-state index in [1.54, 1.807) is 0 Å². The van der Waals surface area contributed by atoms with Gasteiger partial charge in [0.15, 0.2) is 0 Å². The van der Waals surface area contributed by atoms with Crippen molar-refractivity contribution >= 4 is 11.4 Å². The van der Waals surface area contributed by atoms with Crippen LogP contribution in [0.15, 0.2) is 0 Å². The highest BCUT2D eigenvalue weighted by atomic mass is 19.2. The molecule has 16 heavy (non-hydrogen) atoms. The number of halogens is 3. The molecule has 0 aliphatic heterocycles. The first-order chi connectivity index (χ1) is 7.29. The van der Waals surface area contributed by atoms with Gasteiger partial charge < -0.3 is 5.11 Å². The minimum Gasteiger partial charge on any atom is -0.497 e. The Morgan fingerprint density at radius 2 is 1.19 bits per heavy atom. The Bertz CT molecular complexity index is 462. The minimum atomic E-state index is -2.39. The molecule has 0 saturated carbocycles. The van der Waals surface area contributed by atoms with E-state index in [1.807, 2.05) is 0 Å². The molecule has 1 aromatic rings. The Kier molecular flexibility index (Phi) is 2.66. The Hall–Kier alpha value is -2.39. The van der Waals surface area contributed by atoms with E-state index in [-0.39, 0.29) is 0 Å². The maximum Gasteiger partial charge on any atom is 0.356 e. The highest BCUT2D eigenvalue weighted by molar-refractivity contribution is 5.60. The highest BCUT2D eigenvalue weighted by Gasteiger charge is 2.38. The predicted octanol–water partition coefficient (Wildman–Crippen LogP) is 1.63. The number of nitro benzene ring substituents is 2. The summed E-state index contributed by atoms with van der Waals surface area (Å²) in [7, 11) is 0. The third kappa shape index (κ3) is 1.49. The molecule has 0 amide bonds. The van der Waals surface area contributed by atoms with Gasteiger partial charge in [0, 0.05) is 0 Å². The van der Waals surface area contributed by atoms with Gasteiger partial charge in [0.2, 0.25) is 17.5 Å². The number of hydrogen-bond acceptors (Lipinski definition) is 5.